The van der Waals surface area contributed by atoms with E-state index in [4.69, 9.17) is 10.2 Å². The van der Waals surface area contributed by atoms with Crippen LogP contribution >= 0.6 is 0 Å². The number of para-hydroxylation sites is 1. The molecule has 0 saturated heterocycles. The summed E-state index contributed by atoms with van der Waals surface area (Å²) in [5.74, 6) is -1.09. The number of benzene rings is 3. The van der Waals surface area contributed by atoms with Crippen molar-refractivity contribution in [1.82, 2.24) is 0 Å². The molecule has 3 aromatic carbocycles. The zero-order valence-corrected chi connectivity index (χ0v) is 21.5. The monoisotopic (exact) mass is 498 g/mol. The van der Waals surface area contributed by atoms with Gasteiger partial charge in [0.1, 0.15) is 11.3 Å². The van der Waals surface area contributed by atoms with Crippen LogP contribution in [0.1, 0.15) is 59.4 Å². The van der Waals surface area contributed by atoms with Crippen LogP contribution in [0.2, 0.25) is 0 Å². The summed E-state index contributed by atoms with van der Waals surface area (Å²) in [5, 5.41) is 13.3. The molecule has 0 aliphatic rings. The number of hydrogen-bond acceptors (Lipinski definition) is 5. The van der Waals surface area contributed by atoms with Crippen LogP contribution in [0.4, 0.5) is 5.69 Å². The maximum atomic E-state index is 13.5. The number of amides is 1. The summed E-state index contributed by atoms with van der Waals surface area (Å²) in [6.45, 7) is 9.02. The standard InChI is InChI=1S/C30H30N2O5/c1-16-13-22(18(3)32-24-12-7-6-11-21(24)28(34)35)27-23(14-16)25(33)17(2)26(37-27)19-9-8-10-20(15-19)30(4,5)29(31)36/h6-15,18,32H,1-5H3,(H2,31,36)(H,34,35)/t18-/m1/s1. The molecule has 0 aliphatic carbocycles. The number of rotatable bonds is 7. The molecule has 1 heterocycles. The van der Waals surface area contributed by atoms with Crippen molar-refractivity contribution in [3.8, 4) is 11.3 Å². The number of fused-ring (bicyclic) bond motifs is 1. The van der Waals surface area contributed by atoms with Gasteiger partial charge in [0.25, 0.3) is 0 Å². The van der Waals surface area contributed by atoms with Crippen LogP contribution in [0.5, 0.6) is 0 Å². The Balaban J connectivity index is 1.90. The van der Waals surface area contributed by atoms with Gasteiger partial charge in [-0.1, -0.05) is 36.4 Å². The molecule has 7 heteroatoms. The third-order valence-corrected chi connectivity index (χ3v) is 6.85. The Hall–Kier alpha value is -4.39. The second-order valence-corrected chi connectivity index (χ2v) is 9.90. The third-order valence-electron chi connectivity index (χ3n) is 6.85. The van der Waals surface area contributed by atoms with Gasteiger partial charge in [0.2, 0.25) is 5.91 Å². The zero-order chi connectivity index (χ0) is 27.1. The smallest absolute Gasteiger partial charge is 0.337 e. The van der Waals surface area contributed by atoms with Gasteiger partial charge >= 0.3 is 5.97 Å². The highest BCUT2D eigenvalue weighted by Gasteiger charge is 2.28. The average molecular weight is 499 g/mol. The van der Waals surface area contributed by atoms with Crippen LogP contribution < -0.4 is 16.5 Å². The van der Waals surface area contributed by atoms with Gasteiger partial charge in [0, 0.05) is 22.4 Å². The van der Waals surface area contributed by atoms with E-state index >= 15 is 0 Å². The van der Waals surface area contributed by atoms with Crippen LogP contribution in [-0.4, -0.2) is 17.0 Å². The molecule has 0 radical (unpaired) electrons. The van der Waals surface area contributed by atoms with Gasteiger partial charge in [-0.25, -0.2) is 4.79 Å². The topological polar surface area (TPSA) is 123 Å². The first kappa shape index (κ1) is 25.7. The molecule has 1 amide bonds. The number of carbonyl (C=O) groups is 2. The van der Waals surface area contributed by atoms with E-state index in [1.807, 2.05) is 44.2 Å². The Kier molecular flexibility index (Phi) is 6.65. The van der Waals surface area contributed by atoms with Crippen LogP contribution in [0, 0.1) is 13.8 Å². The number of carboxylic acid groups (broad SMARTS) is 1. The summed E-state index contributed by atoms with van der Waals surface area (Å²) in [7, 11) is 0. The van der Waals surface area contributed by atoms with Crippen LogP contribution in [0.3, 0.4) is 0 Å². The van der Waals surface area contributed by atoms with Crippen molar-refractivity contribution >= 4 is 28.5 Å². The number of carbonyl (C=O) groups excluding carboxylic acids is 1. The molecule has 0 bridgehead atoms. The number of anilines is 1. The highest BCUT2D eigenvalue weighted by Crippen LogP contribution is 2.34. The predicted octanol–water partition coefficient (Wildman–Crippen LogP) is 5.71. The molecule has 4 aromatic rings. The van der Waals surface area contributed by atoms with E-state index in [2.05, 4.69) is 5.32 Å². The first-order valence-electron chi connectivity index (χ1n) is 12.0. The lowest BCUT2D eigenvalue weighted by Gasteiger charge is -2.22. The molecule has 0 fully saturated rings. The molecule has 1 aromatic heterocycles. The van der Waals surface area contributed by atoms with E-state index in [0.29, 0.717) is 39.1 Å². The third kappa shape index (κ3) is 4.72. The zero-order valence-electron chi connectivity index (χ0n) is 21.5. The molecule has 0 spiro atoms. The molecular weight excluding hydrogens is 468 g/mol. The maximum absolute atomic E-state index is 13.5. The van der Waals surface area contributed by atoms with Crippen LogP contribution in [0.25, 0.3) is 22.3 Å². The quantitative estimate of drug-likeness (QED) is 0.300. The molecule has 0 aliphatic heterocycles. The number of hydrogen-bond donors (Lipinski definition) is 3. The number of carboxylic acids is 1. The highest BCUT2D eigenvalue weighted by atomic mass is 16.4. The van der Waals surface area contributed by atoms with Crippen molar-refractivity contribution in [3.05, 3.63) is 98.7 Å². The van der Waals surface area contributed by atoms with Gasteiger partial charge in [-0.05, 0) is 70.0 Å². The van der Waals surface area contributed by atoms with E-state index in [-0.39, 0.29) is 17.0 Å². The summed E-state index contributed by atoms with van der Waals surface area (Å²) in [6.07, 6.45) is 0. The van der Waals surface area contributed by atoms with Crippen LogP contribution in [0.15, 0.2) is 69.9 Å². The van der Waals surface area contributed by atoms with Crippen LogP contribution in [-0.2, 0) is 10.2 Å². The summed E-state index contributed by atoms with van der Waals surface area (Å²) < 4.78 is 6.44. The lowest BCUT2D eigenvalue weighted by atomic mass is 9.83. The summed E-state index contributed by atoms with van der Waals surface area (Å²) in [5.41, 5.74) is 9.03. The minimum atomic E-state index is -1.03. The normalized spacial score (nSPS) is 12.4. The van der Waals surface area contributed by atoms with Crippen molar-refractivity contribution in [3.63, 3.8) is 0 Å². The van der Waals surface area contributed by atoms with E-state index in [1.54, 1.807) is 45.0 Å². The molecule has 0 unspecified atom stereocenters. The highest BCUT2D eigenvalue weighted by molar-refractivity contribution is 5.94. The van der Waals surface area contributed by atoms with Crippen molar-refractivity contribution in [2.24, 2.45) is 5.73 Å². The Bertz CT molecular complexity index is 1600. The minimum absolute atomic E-state index is 0.151. The number of nitrogens with one attached hydrogen (secondary N) is 1. The summed E-state index contributed by atoms with van der Waals surface area (Å²) >= 11 is 0. The van der Waals surface area contributed by atoms with Gasteiger partial charge in [-0.3, -0.25) is 9.59 Å². The van der Waals surface area contributed by atoms with Gasteiger partial charge in [-0.2, -0.15) is 0 Å². The van der Waals surface area contributed by atoms with E-state index in [0.717, 1.165) is 11.1 Å². The fraction of sp³-hybridized carbons (Fsp3) is 0.233. The van der Waals surface area contributed by atoms with Gasteiger partial charge in [0.15, 0.2) is 5.43 Å². The molecule has 7 nitrogen and oxygen atoms in total. The summed E-state index contributed by atoms with van der Waals surface area (Å²) in [6, 6.07) is 17.3. The molecule has 1 atom stereocenters. The number of primary amides is 1. The number of aromatic carboxylic acids is 1. The van der Waals surface area contributed by atoms with E-state index < -0.39 is 17.3 Å². The Morgan fingerprint density at radius 3 is 2.41 bits per heavy atom. The molecule has 4 rings (SSSR count). The predicted molar refractivity (Wildman–Crippen MR) is 145 cm³/mol. The number of nitrogens with two attached hydrogens (primary N) is 1. The molecule has 190 valence electrons. The first-order valence-corrected chi connectivity index (χ1v) is 12.0. The second kappa shape index (κ2) is 9.58. The largest absolute Gasteiger partial charge is 0.478 e. The average Bonchev–Trinajstić information content (AvgIpc) is 2.86. The first-order chi connectivity index (χ1) is 17.4. The van der Waals surface area contributed by atoms with Crippen molar-refractivity contribution in [1.29, 1.82) is 0 Å². The van der Waals surface area contributed by atoms with Crippen molar-refractivity contribution < 1.29 is 19.1 Å². The Labute approximate surface area is 214 Å². The fourth-order valence-electron chi connectivity index (χ4n) is 4.46. The fourth-order valence-corrected chi connectivity index (χ4v) is 4.46. The molecule has 4 N–H and O–H groups in total. The number of aryl methyl sites for hydroxylation is 1. The SMILES string of the molecule is Cc1cc([C@@H](C)Nc2ccccc2C(=O)O)c2oc(-c3cccc(C(C)(C)C(N)=O)c3)c(C)c(=O)c2c1. The second-order valence-electron chi connectivity index (χ2n) is 9.90. The lowest BCUT2D eigenvalue weighted by molar-refractivity contribution is -0.122. The Morgan fingerprint density at radius 1 is 1.03 bits per heavy atom. The summed E-state index contributed by atoms with van der Waals surface area (Å²) in [4.78, 5) is 37.2. The molecular formula is C30H30N2O5. The molecule has 0 saturated carbocycles. The minimum Gasteiger partial charge on any atom is -0.478 e. The lowest BCUT2D eigenvalue weighted by Crippen LogP contribution is -2.35. The van der Waals surface area contributed by atoms with Gasteiger partial charge in [-0.15, -0.1) is 0 Å². The maximum Gasteiger partial charge on any atom is 0.337 e. The van der Waals surface area contributed by atoms with Crippen molar-refractivity contribution in [2.45, 2.75) is 46.1 Å². The van der Waals surface area contributed by atoms with E-state index in [9.17, 15) is 19.5 Å². The van der Waals surface area contributed by atoms with E-state index in [1.165, 1.54) is 6.07 Å². The van der Waals surface area contributed by atoms with Crippen molar-refractivity contribution in [2.75, 3.05) is 5.32 Å². The Morgan fingerprint density at radius 2 is 1.73 bits per heavy atom. The van der Waals surface area contributed by atoms with Gasteiger partial charge < -0.3 is 20.6 Å². The molecule has 37 heavy (non-hydrogen) atoms. The van der Waals surface area contributed by atoms with Gasteiger partial charge in [0.05, 0.1) is 22.4 Å².